The summed E-state index contributed by atoms with van der Waals surface area (Å²) >= 11 is 1.17. The van der Waals surface area contributed by atoms with Gasteiger partial charge in [-0.05, 0) is 29.8 Å². The fourth-order valence-corrected chi connectivity index (χ4v) is 3.37. The van der Waals surface area contributed by atoms with Crippen LogP contribution in [0.25, 0.3) is 10.6 Å². The van der Waals surface area contributed by atoms with Gasteiger partial charge in [-0.15, -0.1) is 10.2 Å². The van der Waals surface area contributed by atoms with Crippen LogP contribution in [0.1, 0.15) is 5.56 Å². The molecule has 0 saturated heterocycles. The lowest BCUT2D eigenvalue weighted by molar-refractivity contribution is -0.136. The Balaban J connectivity index is 1.31. The van der Waals surface area contributed by atoms with Crippen LogP contribution in [0.3, 0.4) is 0 Å². The number of hydrogen-bond acceptors (Lipinski definition) is 7. The van der Waals surface area contributed by atoms with E-state index < -0.39 is 11.8 Å². The first-order chi connectivity index (χ1) is 15.7. The zero-order valence-electron chi connectivity index (χ0n) is 16.6. The van der Waals surface area contributed by atoms with Crippen LogP contribution >= 0.6 is 11.3 Å². The molecule has 3 aromatic carbocycles. The van der Waals surface area contributed by atoms with Crippen molar-refractivity contribution in [2.45, 2.75) is 0 Å². The molecular weight excluding hydrogens is 426 g/mol. The van der Waals surface area contributed by atoms with Crippen LogP contribution in [-0.2, 0) is 9.59 Å². The Bertz CT molecular complexity index is 1240. The number of aromatic nitrogens is 2. The Morgan fingerprint density at radius 3 is 2.34 bits per heavy atom. The van der Waals surface area contributed by atoms with Gasteiger partial charge in [0.15, 0.2) is 0 Å². The predicted octanol–water partition coefficient (Wildman–Crippen LogP) is 4.09. The van der Waals surface area contributed by atoms with Crippen LogP contribution in [-0.4, -0.2) is 28.2 Å². The van der Waals surface area contributed by atoms with Crippen molar-refractivity contribution in [2.24, 2.45) is 5.10 Å². The molecule has 0 spiro atoms. The van der Waals surface area contributed by atoms with E-state index in [1.165, 1.54) is 17.6 Å². The molecule has 0 fully saturated rings. The topological polar surface area (TPSA) is 106 Å². The van der Waals surface area contributed by atoms with Gasteiger partial charge in [0.25, 0.3) is 0 Å². The van der Waals surface area contributed by atoms with Crippen LogP contribution in [0, 0.1) is 0 Å². The molecule has 9 heteroatoms. The average Bonchev–Trinajstić information content (AvgIpc) is 3.29. The third kappa shape index (κ3) is 5.61. The van der Waals surface area contributed by atoms with Gasteiger partial charge in [0.1, 0.15) is 16.5 Å². The minimum atomic E-state index is -0.922. The summed E-state index contributed by atoms with van der Waals surface area (Å²) < 4.78 is 5.76. The normalized spacial score (nSPS) is 10.6. The highest BCUT2D eigenvalue weighted by Crippen LogP contribution is 2.25. The lowest BCUT2D eigenvalue weighted by atomic mass is 10.2. The average molecular weight is 443 g/mol. The van der Waals surface area contributed by atoms with Gasteiger partial charge in [0.05, 0.1) is 6.21 Å². The molecule has 0 aliphatic heterocycles. The number of anilines is 1. The molecule has 2 N–H and O–H groups in total. The van der Waals surface area contributed by atoms with E-state index in [2.05, 4.69) is 26.0 Å². The number of nitrogens with one attached hydrogen (secondary N) is 2. The van der Waals surface area contributed by atoms with Crippen molar-refractivity contribution in [1.82, 2.24) is 15.6 Å². The molecule has 8 nitrogen and oxygen atoms in total. The van der Waals surface area contributed by atoms with Crippen molar-refractivity contribution >= 4 is 34.5 Å². The summed E-state index contributed by atoms with van der Waals surface area (Å²) in [6.07, 6.45) is 1.42. The highest BCUT2D eigenvalue weighted by molar-refractivity contribution is 7.18. The first-order valence-corrected chi connectivity index (χ1v) is 10.4. The molecule has 158 valence electrons. The van der Waals surface area contributed by atoms with Crippen molar-refractivity contribution in [3.05, 3.63) is 90.5 Å². The Kier molecular flexibility index (Phi) is 6.59. The molecule has 4 rings (SSSR count). The Labute approximate surface area is 187 Å². The third-order valence-corrected chi connectivity index (χ3v) is 4.98. The van der Waals surface area contributed by atoms with E-state index in [1.807, 2.05) is 66.7 Å². The van der Waals surface area contributed by atoms with E-state index >= 15 is 0 Å². The summed E-state index contributed by atoms with van der Waals surface area (Å²) in [5.41, 5.74) is 3.76. The maximum absolute atomic E-state index is 12.1. The zero-order valence-corrected chi connectivity index (χ0v) is 17.5. The molecule has 0 bridgehead atoms. The molecule has 32 heavy (non-hydrogen) atoms. The number of hydrazone groups is 1. The Morgan fingerprint density at radius 1 is 0.844 bits per heavy atom. The fraction of sp³-hybridized carbons (Fsp3) is 0. The number of para-hydroxylation sites is 1. The third-order valence-electron chi connectivity index (χ3n) is 4.09. The van der Waals surface area contributed by atoms with Gasteiger partial charge in [0.2, 0.25) is 5.13 Å². The minimum Gasteiger partial charge on any atom is -0.457 e. The van der Waals surface area contributed by atoms with Crippen LogP contribution in [0.5, 0.6) is 11.5 Å². The first kappa shape index (κ1) is 20.9. The van der Waals surface area contributed by atoms with E-state index in [-0.39, 0.29) is 5.13 Å². The quantitative estimate of drug-likeness (QED) is 0.265. The van der Waals surface area contributed by atoms with E-state index in [1.54, 1.807) is 18.2 Å². The molecular formula is C23H17N5O3S. The molecule has 1 heterocycles. The molecule has 0 saturated carbocycles. The molecule has 0 atom stereocenters. The second-order valence-electron chi connectivity index (χ2n) is 6.42. The maximum Gasteiger partial charge on any atom is 0.329 e. The van der Waals surface area contributed by atoms with E-state index in [0.29, 0.717) is 22.1 Å². The number of nitrogens with zero attached hydrogens (tertiary/aromatic N) is 3. The fourth-order valence-electron chi connectivity index (χ4n) is 2.62. The summed E-state index contributed by atoms with van der Waals surface area (Å²) in [6.45, 7) is 0. The number of benzene rings is 3. The molecule has 0 aliphatic rings. The van der Waals surface area contributed by atoms with Crippen LogP contribution in [0.4, 0.5) is 5.13 Å². The lowest BCUT2D eigenvalue weighted by Gasteiger charge is -2.05. The second-order valence-corrected chi connectivity index (χ2v) is 7.40. The van der Waals surface area contributed by atoms with Crippen LogP contribution in [0.15, 0.2) is 90.0 Å². The van der Waals surface area contributed by atoms with Crippen molar-refractivity contribution in [3.63, 3.8) is 0 Å². The van der Waals surface area contributed by atoms with Gasteiger partial charge >= 0.3 is 11.8 Å². The molecule has 0 radical (unpaired) electrons. The number of hydrogen-bond donors (Lipinski definition) is 2. The number of carbonyl (C=O) groups excluding carboxylic acids is 2. The monoisotopic (exact) mass is 443 g/mol. The van der Waals surface area contributed by atoms with Crippen LogP contribution in [0.2, 0.25) is 0 Å². The number of amides is 2. The summed E-state index contributed by atoms with van der Waals surface area (Å²) in [4.78, 5) is 24.1. The van der Waals surface area contributed by atoms with Crippen molar-refractivity contribution in [1.29, 1.82) is 0 Å². The Hall–Kier alpha value is -4.37. The second kappa shape index (κ2) is 10.1. The molecule has 1 aromatic heterocycles. The van der Waals surface area contributed by atoms with E-state index in [0.717, 1.165) is 5.56 Å². The number of carbonyl (C=O) groups is 2. The molecule has 4 aromatic rings. The first-order valence-electron chi connectivity index (χ1n) is 9.54. The largest absolute Gasteiger partial charge is 0.457 e. The highest BCUT2D eigenvalue weighted by Gasteiger charge is 2.16. The molecule has 0 unspecified atom stereocenters. The number of ether oxygens (including phenoxy) is 1. The minimum absolute atomic E-state index is 0.221. The van der Waals surface area contributed by atoms with Gasteiger partial charge in [0, 0.05) is 5.56 Å². The van der Waals surface area contributed by atoms with Gasteiger partial charge in [-0.3, -0.25) is 14.9 Å². The van der Waals surface area contributed by atoms with Crippen LogP contribution < -0.4 is 15.5 Å². The van der Waals surface area contributed by atoms with E-state index in [9.17, 15) is 9.59 Å². The summed E-state index contributed by atoms with van der Waals surface area (Å²) in [5.74, 6) is -0.484. The van der Waals surface area contributed by atoms with Gasteiger partial charge < -0.3 is 4.74 Å². The van der Waals surface area contributed by atoms with Crippen molar-refractivity contribution < 1.29 is 14.3 Å². The summed E-state index contributed by atoms with van der Waals surface area (Å²) in [7, 11) is 0. The van der Waals surface area contributed by atoms with Crippen molar-refractivity contribution in [2.75, 3.05) is 5.32 Å². The SMILES string of the molecule is O=C(N/N=C\c1cccc(Oc2ccccc2)c1)C(=O)Nc1nnc(-c2ccccc2)s1. The molecule has 0 aliphatic carbocycles. The number of rotatable bonds is 6. The van der Waals surface area contributed by atoms with Gasteiger partial charge in [-0.2, -0.15) is 5.10 Å². The highest BCUT2D eigenvalue weighted by atomic mass is 32.1. The summed E-state index contributed by atoms with van der Waals surface area (Å²) in [5, 5.41) is 15.0. The predicted molar refractivity (Wildman–Crippen MR) is 123 cm³/mol. The zero-order chi connectivity index (χ0) is 22.2. The van der Waals surface area contributed by atoms with Gasteiger partial charge in [-0.1, -0.05) is 72.0 Å². The standard InChI is InChI=1S/C23H17N5O3S/c29-20(25-23-28-27-22(32-23)17-9-3-1-4-10-17)21(30)26-24-15-16-8-7-13-19(14-16)31-18-11-5-2-6-12-18/h1-15H,(H,26,30)(H,25,28,29)/b24-15-. The maximum atomic E-state index is 12.1. The Morgan fingerprint density at radius 2 is 1.56 bits per heavy atom. The smallest absolute Gasteiger partial charge is 0.329 e. The summed E-state index contributed by atoms with van der Waals surface area (Å²) in [6, 6.07) is 25.9. The lowest BCUT2D eigenvalue weighted by Crippen LogP contribution is -2.32. The van der Waals surface area contributed by atoms with Gasteiger partial charge in [-0.25, -0.2) is 5.43 Å². The molecule has 2 amide bonds. The van der Waals surface area contributed by atoms with Crippen molar-refractivity contribution in [3.8, 4) is 22.1 Å². The van der Waals surface area contributed by atoms with E-state index in [4.69, 9.17) is 4.74 Å².